The Kier molecular flexibility index (Phi) is 4.72. The molecule has 0 fully saturated rings. The summed E-state index contributed by atoms with van der Waals surface area (Å²) in [6, 6.07) is 14.9. The summed E-state index contributed by atoms with van der Waals surface area (Å²) >= 11 is 0. The highest BCUT2D eigenvalue weighted by atomic mass is 16.5. The third-order valence-electron chi connectivity index (χ3n) is 3.45. The number of methoxy groups -OCH3 is 1. The van der Waals surface area contributed by atoms with E-state index in [9.17, 15) is 0 Å². The Bertz CT molecular complexity index is 918. The topological polar surface area (TPSA) is 95.8 Å². The lowest BCUT2D eigenvalue weighted by Gasteiger charge is -2.11. The quantitative estimate of drug-likeness (QED) is 0.737. The predicted molar refractivity (Wildman–Crippen MR) is 95.3 cm³/mol. The molecule has 0 spiro atoms. The van der Waals surface area contributed by atoms with E-state index in [2.05, 4.69) is 31.9 Å². The minimum atomic E-state index is 0.350. The Labute approximate surface area is 145 Å². The molecule has 0 unspecified atom stereocenters. The van der Waals surface area contributed by atoms with Crippen LogP contribution in [0.3, 0.4) is 0 Å². The van der Waals surface area contributed by atoms with E-state index in [1.165, 1.54) is 6.20 Å². The van der Waals surface area contributed by atoms with Crippen molar-refractivity contribution in [2.24, 2.45) is 0 Å². The minimum Gasteiger partial charge on any atom is -0.495 e. The van der Waals surface area contributed by atoms with Crippen molar-refractivity contribution in [3.05, 3.63) is 59.8 Å². The number of nitrogens with one attached hydrogen (secondary N) is 2. The van der Waals surface area contributed by atoms with Crippen LogP contribution in [0.25, 0.3) is 0 Å². The standard InChI is InChI=1S/C18H16N6O/c1-12-3-8-16(25-2)15(9-12)22-18-23-17(11-20-24-18)21-14-6-4-13(10-19)5-7-14/h3-9,11H,1-2H3,(H2,21,22,23,24). The van der Waals surface area contributed by atoms with E-state index in [-0.39, 0.29) is 0 Å². The average molecular weight is 332 g/mol. The van der Waals surface area contributed by atoms with Crippen LogP contribution in [0.15, 0.2) is 48.7 Å². The van der Waals surface area contributed by atoms with Crippen molar-refractivity contribution in [1.29, 1.82) is 5.26 Å². The Morgan fingerprint density at radius 2 is 1.88 bits per heavy atom. The summed E-state index contributed by atoms with van der Waals surface area (Å²) in [5.41, 5.74) is 3.25. The molecule has 25 heavy (non-hydrogen) atoms. The molecule has 0 saturated heterocycles. The zero-order valence-corrected chi connectivity index (χ0v) is 13.8. The van der Waals surface area contributed by atoms with Crippen LogP contribution in [0.4, 0.5) is 23.1 Å². The van der Waals surface area contributed by atoms with E-state index in [1.807, 2.05) is 25.1 Å². The molecule has 0 radical (unpaired) electrons. The lowest BCUT2D eigenvalue weighted by Crippen LogP contribution is -2.03. The fourth-order valence-corrected chi connectivity index (χ4v) is 2.23. The van der Waals surface area contributed by atoms with E-state index < -0.39 is 0 Å². The summed E-state index contributed by atoms with van der Waals surface area (Å²) < 4.78 is 5.34. The van der Waals surface area contributed by atoms with Crippen molar-refractivity contribution in [1.82, 2.24) is 15.2 Å². The molecule has 1 aromatic heterocycles. The van der Waals surface area contributed by atoms with Crippen molar-refractivity contribution in [3.63, 3.8) is 0 Å². The monoisotopic (exact) mass is 332 g/mol. The van der Waals surface area contributed by atoms with Gasteiger partial charge < -0.3 is 15.4 Å². The van der Waals surface area contributed by atoms with Crippen molar-refractivity contribution < 1.29 is 4.74 Å². The first-order chi connectivity index (χ1) is 12.2. The number of benzene rings is 2. The molecule has 0 aliphatic rings. The third kappa shape index (κ3) is 4.00. The molecule has 1 heterocycles. The summed E-state index contributed by atoms with van der Waals surface area (Å²) in [4.78, 5) is 4.39. The van der Waals surface area contributed by atoms with Gasteiger partial charge in [0.25, 0.3) is 0 Å². The molecule has 0 atom stereocenters. The molecule has 7 heteroatoms. The van der Waals surface area contributed by atoms with E-state index in [4.69, 9.17) is 10.00 Å². The van der Waals surface area contributed by atoms with Gasteiger partial charge in [0.05, 0.1) is 30.6 Å². The Morgan fingerprint density at radius 3 is 2.60 bits per heavy atom. The van der Waals surface area contributed by atoms with Crippen LogP contribution in [0.5, 0.6) is 5.75 Å². The minimum absolute atomic E-state index is 0.350. The fraction of sp³-hybridized carbons (Fsp3) is 0.111. The van der Waals surface area contributed by atoms with Crippen LogP contribution >= 0.6 is 0 Å². The van der Waals surface area contributed by atoms with Gasteiger partial charge in [-0.25, -0.2) is 0 Å². The number of hydrogen-bond donors (Lipinski definition) is 2. The molecule has 3 rings (SSSR count). The zero-order chi connectivity index (χ0) is 17.6. The van der Waals surface area contributed by atoms with Gasteiger partial charge in [0.1, 0.15) is 5.75 Å². The highest BCUT2D eigenvalue weighted by Gasteiger charge is 2.07. The number of rotatable bonds is 5. The zero-order valence-electron chi connectivity index (χ0n) is 13.8. The molecule has 2 N–H and O–H groups in total. The Morgan fingerprint density at radius 1 is 1.08 bits per heavy atom. The second kappa shape index (κ2) is 7.27. The fourth-order valence-electron chi connectivity index (χ4n) is 2.23. The first kappa shape index (κ1) is 16.2. The summed E-state index contributed by atoms with van der Waals surface area (Å²) in [7, 11) is 1.61. The first-order valence-corrected chi connectivity index (χ1v) is 7.56. The van der Waals surface area contributed by atoms with Gasteiger partial charge in [-0.2, -0.15) is 15.3 Å². The van der Waals surface area contributed by atoms with Gasteiger partial charge in [-0.05, 0) is 48.9 Å². The van der Waals surface area contributed by atoms with Crippen molar-refractivity contribution in [2.45, 2.75) is 6.92 Å². The molecule has 3 aromatic rings. The van der Waals surface area contributed by atoms with E-state index in [1.54, 1.807) is 31.4 Å². The maximum absolute atomic E-state index is 8.84. The molecule has 0 amide bonds. The molecule has 2 aromatic carbocycles. The molecule has 0 bridgehead atoms. The van der Waals surface area contributed by atoms with Crippen LogP contribution in [-0.2, 0) is 0 Å². The molecule has 0 aliphatic heterocycles. The van der Waals surface area contributed by atoms with Gasteiger partial charge in [0, 0.05) is 5.69 Å². The van der Waals surface area contributed by atoms with Gasteiger partial charge in [0.2, 0.25) is 5.95 Å². The number of aromatic nitrogens is 3. The van der Waals surface area contributed by atoms with Crippen LogP contribution < -0.4 is 15.4 Å². The molecular formula is C18H16N6O. The van der Waals surface area contributed by atoms with Gasteiger partial charge in [-0.3, -0.25) is 0 Å². The summed E-state index contributed by atoms with van der Waals surface area (Å²) in [6.07, 6.45) is 1.52. The van der Waals surface area contributed by atoms with Crippen molar-refractivity contribution in [3.8, 4) is 11.8 Å². The van der Waals surface area contributed by atoms with Gasteiger partial charge >= 0.3 is 0 Å². The highest BCUT2D eigenvalue weighted by Crippen LogP contribution is 2.27. The number of nitriles is 1. The molecule has 7 nitrogen and oxygen atoms in total. The first-order valence-electron chi connectivity index (χ1n) is 7.56. The normalized spacial score (nSPS) is 9.96. The number of aryl methyl sites for hydroxylation is 1. The highest BCUT2D eigenvalue weighted by molar-refractivity contribution is 5.64. The molecular weight excluding hydrogens is 316 g/mol. The lowest BCUT2D eigenvalue weighted by atomic mass is 10.2. The third-order valence-corrected chi connectivity index (χ3v) is 3.45. The number of nitrogens with zero attached hydrogens (tertiary/aromatic N) is 4. The lowest BCUT2D eigenvalue weighted by molar-refractivity contribution is 0.416. The average Bonchev–Trinajstić information content (AvgIpc) is 2.63. The summed E-state index contributed by atoms with van der Waals surface area (Å²) in [5, 5.41) is 23.0. The number of anilines is 4. The smallest absolute Gasteiger partial charge is 0.249 e. The van der Waals surface area contributed by atoms with Gasteiger partial charge in [0.15, 0.2) is 5.82 Å². The van der Waals surface area contributed by atoms with Crippen LogP contribution in [-0.4, -0.2) is 22.3 Å². The maximum atomic E-state index is 8.84. The van der Waals surface area contributed by atoms with E-state index >= 15 is 0 Å². The van der Waals surface area contributed by atoms with Crippen molar-refractivity contribution >= 4 is 23.1 Å². The molecule has 0 aliphatic carbocycles. The van der Waals surface area contributed by atoms with Gasteiger partial charge in [-0.15, -0.1) is 5.10 Å². The number of hydrogen-bond acceptors (Lipinski definition) is 7. The van der Waals surface area contributed by atoms with E-state index in [0.29, 0.717) is 23.1 Å². The SMILES string of the molecule is COc1ccc(C)cc1Nc1nncc(Nc2ccc(C#N)cc2)n1. The maximum Gasteiger partial charge on any atom is 0.249 e. The molecule has 0 saturated carbocycles. The largest absolute Gasteiger partial charge is 0.495 e. The Balaban J connectivity index is 1.79. The van der Waals surface area contributed by atoms with Crippen LogP contribution in [0.1, 0.15) is 11.1 Å². The van der Waals surface area contributed by atoms with E-state index in [0.717, 1.165) is 16.9 Å². The second-order valence-electron chi connectivity index (χ2n) is 5.31. The van der Waals surface area contributed by atoms with Crippen LogP contribution in [0, 0.1) is 18.3 Å². The van der Waals surface area contributed by atoms with Gasteiger partial charge in [-0.1, -0.05) is 6.07 Å². The summed E-state index contributed by atoms with van der Waals surface area (Å²) in [5.74, 6) is 1.58. The van der Waals surface area contributed by atoms with Crippen molar-refractivity contribution in [2.75, 3.05) is 17.7 Å². The molecule has 124 valence electrons. The Hall–Kier alpha value is -3.66. The van der Waals surface area contributed by atoms with Crippen LogP contribution in [0.2, 0.25) is 0 Å². The number of ether oxygens (including phenoxy) is 1. The second-order valence-corrected chi connectivity index (χ2v) is 5.31. The summed E-state index contributed by atoms with van der Waals surface area (Å²) in [6.45, 7) is 1.99. The predicted octanol–water partition coefficient (Wildman–Crippen LogP) is 3.55.